The van der Waals surface area contributed by atoms with Crippen molar-refractivity contribution in [1.82, 2.24) is 0 Å². The predicted octanol–water partition coefficient (Wildman–Crippen LogP) is 6.03. The van der Waals surface area contributed by atoms with E-state index in [9.17, 15) is 13.0 Å². The van der Waals surface area contributed by atoms with Gasteiger partial charge in [-0.05, 0) is 48.2 Å². The molecule has 6 nitrogen and oxygen atoms in total. The maximum atomic E-state index is 11.2. The molecule has 0 amide bonds. The molecule has 2 aromatic carbocycles. The van der Waals surface area contributed by atoms with Crippen LogP contribution in [0.15, 0.2) is 41.3 Å². The Morgan fingerprint density at radius 3 is 1.71 bits per heavy atom. The van der Waals surface area contributed by atoms with Crippen molar-refractivity contribution in [3.63, 3.8) is 0 Å². The molecule has 0 radical (unpaired) electrons. The molecule has 0 N–H and O–H groups in total. The van der Waals surface area contributed by atoms with Gasteiger partial charge in [-0.1, -0.05) is 48.5 Å². The summed E-state index contributed by atoms with van der Waals surface area (Å²) >= 11 is 0. The molecule has 0 fully saturated rings. The summed E-state index contributed by atoms with van der Waals surface area (Å²) in [4.78, 5) is -0.287. The Morgan fingerprint density at radius 2 is 1.35 bits per heavy atom. The summed E-state index contributed by atoms with van der Waals surface area (Å²) < 4.78 is 51.5. The molecule has 7 heteroatoms. The Balaban J connectivity index is 2.51. The van der Waals surface area contributed by atoms with Crippen LogP contribution in [-0.2, 0) is 14.9 Å². The fourth-order valence-corrected chi connectivity index (χ4v) is 3.65. The van der Waals surface area contributed by atoms with Crippen molar-refractivity contribution < 1.29 is 27.2 Å². The maximum Gasteiger partial charge on any atom is 0.204 e. The van der Waals surface area contributed by atoms with Gasteiger partial charge in [0.2, 0.25) is 6.29 Å². The SMILES string of the molecule is COC(Oc1cc(C(C)C)c(Oc2ccc(S(=O)(=O)[O-])cc2)c(C(C)C)c1)C(C)(C)C. The third-order valence-electron chi connectivity index (χ3n) is 4.86. The van der Waals surface area contributed by atoms with E-state index in [2.05, 4.69) is 48.5 Å². The fourth-order valence-electron chi connectivity index (χ4n) is 3.18. The highest BCUT2D eigenvalue weighted by Gasteiger charge is 2.28. The van der Waals surface area contributed by atoms with Crippen molar-refractivity contribution in [2.24, 2.45) is 5.41 Å². The van der Waals surface area contributed by atoms with Crippen LogP contribution in [0.2, 0.25) is 0 Å². The molecule has 0 saturated heterocycles. The summed E-state index contributed by atoms with van der Waals surface area (Å²) in [6.07, 6.45) is -0.416. The summed E-state index contributed by atoms with van der Waals surface area (Å²) in [5.41, 5.74) is 1.72. The van der Waals surface area contributed by atoms with E-state index in [4.69, 9.17) is 14.2 Å². The third kappa shape index (κ3) is 6.45. The van der Waals surface area contributed by atoms with E-state index in [1.165, 1.54) is 24.3 Å². The first kappa shape index (κ1) is 25.2. The van der Waals surface area contributed by atoms with Gasteiger partial charge in [-0.25, -0.2) is 8.42 Å². The van der Waals surface area contributed by atoms with E-state index >= 15 is 0 Å². The molecule has 0 heterocycles. The highest BCUT2D eigenvalue weighted by atomic mass is 32.2. The lowest BCUT2D eigenvalue weighted by Crippen LogP contribution is -2.33. The van der Waals surface area contributed by atoms with Gasteiger partial charge in [-0.15, -0.1) is 0 Å². The second-order valence-electron chi connectivity index (χ2n) is 9.32. The van der Waals surface area contributed by atoms with Crippen molar-refractivity contribution >= 4 is 10.1 Å². The monoisotopic (exact) mass is 449 g/mol. The average Bonchev–Trinajstić information content (AvgIpc) is 2.65. The molecule has 1 unspecified atom stereocenters. The van der Waals surface area contributed by atoms with Crippen LogP contribution >= 0.6 is 0 Å². The molecule has 172 valence electrons. The van der Waals surface area contributed by atoms with Gasteiger partial charge < -0.3 is 18.8 Å². The Kier molecular flexibility index (Phi) is 7.79. The summed E-state index contributed by atoms with van der Waals surface area (Å²) in [7, 11) is -2.87. The number of hydrogen-bond donors (Lipinski definition) is 0. The van der Waals surface area contributed by atoms with E-state index < -0.39 is 16.4 Å². The zero-order valence-electron chi connectivity index (χ0n) is 19.6. The second kappa shape index (κ2) is 9.59. The number of ether oxygens (including phenoxy) is 3. The van der Waals surface area contributed by atoms with Gasteiger partial charge in [0.1, 0.15) is 27.4 Å². The Hall–Kier alpha value is -2.09. The molecule has 2 rings (SSSR count). The van der Waals surface area contributed by atoms with Gasteiger partial charge in [0.05, 0.1) is 4.90 Å². The molecular formula is C24H33O6S-. The molecule has 1 atom stereocenters. The molecule has 0 aliphatic carbocycles. The predicted molar refractivity (Wildman–Crippen MR) is 120 cm³/mol. The smallest absolute Gasteiger partial charge is 0.204 e. The summed E-state index contributed by atoms with van der Waals surface area (Å²) in [6, 6.07) is 9.41. The lowest BCUT2D eigenvalue weighted by Gasteiger charge is -2.30. The van der Waals surface area contributed by atoms with Crippen LogP contribution in [0.4, 0.5) is 0 Å². The van der Waals surface area contributed by atoms with Crippen LogP contribution in [-0.4, -0.2) is 26.4 Å². The second-order valence-corrected chi connectivity index (χ2v) is 10.7. The molecule has 0 aliphatic heterocycles. The number of benzene rings is 2. The van der Waals surface area contributed by atoms with E-state index in [-0.39, 0.29) is 22.1 Å². The fraction of sp³-hybridized carbons (Fsp3) is 0.500. The van der Waals surface area contributed by atoms with Gasteiger partial charge in [0.25, 0.3) is 0 Å². The minimum absolute atomic E-state index is 0.146. The van der Waals surface area contributed by atoms with E-state index in [0.717, 1.165) is 11.1 Å². The van der Waals surface area contributed by atoms with Crippen LogP contribution in [0, 0.1) is 5.41 Å². The molecule has 0 bridgehead atoms. The summed E-state index contributed by atoms with van der Waals surface area (Å²) in [5.74, 6) is 2.16. The molecule has 2 aromatic rings. The Bertz CT molecular complexity index is 957. The molecule has 31 heavy (non-hydrogen) atoms. The topological polar surface area (TPSA) is 84.9 Å². The first-order chi connectivity index (χ1) is 14.2. The third-order valence-corrected chi connectivity index (χ3v) is 5.71. The van der Waals surface area contributed by atoms with Crippen molar-refractivity contribution in [3.05, 3.63) is 47.5 Å². The van der Waals surface area contributed by atoms with E-state index in [1.54, 1.807) is 7.11 Å². The zero-order valence-corrected chi connectivity index (χ0v) is 20.4. The van der Waals surface area contributed by atoms with Crippen LogP contribution in [0.1, 0.15) is 71.4 Å². The number of hydrogen-bond acceptors (Lipinski definition) is 6. The van der Waals surface area contributed by atoms with Gasteiger partial charge >= 0.3 is 0 Å². The normalized spacial score (nSPS) is 13.5. The maximum absolute atomic E-state index is 11.2. The van der Waals surface area contributed by atoms with Crippen LogP contribution in [0.5, 0.6) is 17.2 Å². The largest absolute Gasteiger partial charge is 0.744 e. The Morgan fingerprint density at radius 1 is 0.871 bits per heavy atom. The highest BCUT2D eigenvalue weighted by molar-refractivity contribution is 7.85. The molecule has 0 spiro atoms. The van der Waals surface area contributed by atoms with Crippen LogP contribution < -0.4 is 9.47 Å². The van der Waals surface area contributed by atoms with Crippen LogP contribution in [0.3, 0.4) is 0 Å². The minimum atomic E-state index is -4.50. The van der Waals surface area contributed by atoms with Crippen molar-refractivity contribution in [2.75, 3.05) is 7.11 Å². The van der Waals surface area contributed by atoms with E-state index in [1.807, 2.05) is 12.1 Å². The highest BCUT2D eigenvalue weighted by Crippen LogP contribution is 2.41. The van der Waals surface area contributed by atoms with E-state index in [0.29, 0.717) is 17.2 Å². The molecule has 0 aromatic heterocycles. The zero-order chi connectivity index (χ0) is 23.6. The number of methoxy groups -OCH3 is 1. The molecular weight excluding hydrogens is 416 g/mol. The standard InChI is InChI=1S/C24H34O6S/c1-15(2)20-13-18(30-23(28-8)24(5,6)7)14-21(16(3)4)22(20)29-17-9-11-19(12-10-17)31(25,26)27/h9-16,23H,1-8H3,(H,25,26,27)/p-1. The first-order valence-corrected chi connectivity index (χ1v) is 11.8. The molecule has 0 saturated carbocycles. The van der Waals surface area contributed by atoms with Gasteiger partial charge in [-0.3, -0.25) is 0 Å². The average molecular weight is 450 g/mol. The van der Waals surface area contributed by atoms with Crippen LogP contribution in [0.25, 0.3) is 0 Å². The Labute approximate surface area is 186 Å². The van der Waals surface area contributed by atoms with Gasteiger partial charge in [0, 0.05) is 23.7 Å². The summed E-state index contributed by atoms with van der Waals surface area (Å²) in [6.45, 7) is 14.4. The lowest BCUT2D eigenvalue weighted by molar-refractivity contribution is -0.120. The first-order valence-electron chi connectivity index (χ1n) is 10.3. The van der Waals surface area contributed by atoms with Crippen molar-refractivity contribution in [3.8, 4) is 17.2 Å². The van der Waals surface area contributed by atoms with Gasteiger partial charge in [0.15, 0.2) is 0 Å². The quantitative estimate of drug-likeness (QED) is 0.361. The number of rotatable bonds is 8. The molecule has 0 aliphatic rings. The van der Waals surface area contributed by atoms with Crippen molar-refractivity contribution in [2.45, 2.75) is 71.5 Å². The van der Waals surface area contributed by atoms with Crippen molar-refractivity contribution in [1.29, 1.82) is 0 Å². The minimum Gasteiger partial charge on any atom is -0.744 e. The van der Waals surface area contributed by atoms with Gasteiger partial charge in [-0.2, -0.15) is 0 Å². The lowest BCUT2D eigenvalue weighted by atomic mass is 9.93. The summed E-state index contributed by atoms with van der Waals surface area (Å²) in [5, 5.41) is 0.